The highest BCUT2D eigenvalue weighted by atomic mass is 32.2. The maximum absolute atomic E-state index is 13.6. The van der Waals surface area contributed by atoms with Crippen molar-refractivity contribution in [2.75, 3.05) is 0 Å². The minimum atomic E-state index is -5.54. The summed E-state index contributed by atoms with van der Waals surface area (Å²) < 4.78 is 76.6. The molecule has 136 valence electrons. The maximum Gasteiger partial charge on any atom is 0.442 e. The topological polar surface area (TPSA) is 105 Å². The molecule has 1 heterocycles. The Morgan fingerprint density at radius 1 is 1.28 bits per heavy atom. The van der Waals surface area contributed by atoms with E-state index in [0.29, 0.717) is 0 Å². The smallest absolute Gasteiger partial charge is 0.301 e. The fourth-order valence-corrected chi connectivity index (χ4v) is 3.31. The number of carbonyl (C=O) groups is 2. The van der Waals surface area contributed by atoms with Gasteiger partial charge in [-0.05, 0) is 30.8 Å². The van der Waals surface area contributed by atoms with E-state index in [1.165, 1.54) is 34.3 Å². The van der Waals surface area contributed by atoms with E-state index in [1.807, 2.05) is 0 Å². The molecule has 13 heteroatoms. The molecule has 1 unspecified atom stereocenters. The molecule has 0 radical (unpaired) electrons. The van der Waals surface area contributed by atoms with E-state index in [1.54, 1.807) is 6.92 Å². The lowest BCUT2D eigenvalue weighted by Crippen LogP contribution is -2.45. The standard InChI is InChI=1S/C12H9F4N3O4S2/c1-6-2-4-7(5-3-6)25(22,23)19-9(21)18-10-17-8(20)11(13,24-10)12(14,15)16/h2-5H,1H3,(H2,17,18,19,20,21). The average Bonchev–Trinajstić information content (AvgIpc) is 2.73. The van der Waals surface area contributed by atoms with Crippen LogP contribution in [0.15, 0.2) is 34.2 Å². The van der Waals surface area contributed by atoms with Gasteiger partial charge < -0.3 is 5.32 Å². The number of sulfonamides is 1. The lowest BCUT2D eigenvalue weighted by molar-refractivity contribution is -0.195. The number of hydrogen-bond donors (Lipinski definition) is 2. The number of benzene rings is 1. The van der Waals surface area contributed by atoms with Crippen LogP contribution < -0.4 is 10.0 Å². The molecule has 7 nitrogen and oxygen atoms in total. The Morgan fingerprint density at radius 2 is 1.84 bits per heavy atom. The molecule has 0 aromatic heterocycles. The lowest BCUT2D eigenvalue weighted by atomic mass is 10.2. The number of rotatable bonds is 2. The number of amidine groups is 1. The van der Waals surface area contributed by atoms with Gasteiger partial charge in [-0.15, -0.1) is 0 Å². The monoisotopic (exact) mass is 399 g/mol. The zero-order chi connectivity index (χ0) is 19.0. The fourth-order valence-electron chi connectivity index (χ4n) is 1.63. The third kappa shape index (κ3) is 3.92. The van der Waals surface area contributed by atoms with E-state index < -0.39 is 50.1 Å². The zero-order valence-corrected chi connectivity index (χ0v) is 13.9. The summed E-state index contributed by atoms with van der Waals surface area (Å²) in [5, 5.41) is -3.88. The van der Waals surface area contributed by atoms with Crippen LogP contribution in [0.4, 0.5) is 22.4 Å². The van der Waals surface area contributed by atoms with Crippen molar-refractivity contribution in [3.8, 4) is 0 Å². The highest BCUT2D eigenvalue weighted by molar-refractivity contribution is 8.16. The van der Waals surface area contributed by atoms with Gasteiger partial charge in [0.2, 0.25) is 0 Å². The van der Waals surface area contributed by atoms with Crippen molar-refractivity contribution in [3.05, 3.63) is 29.8 Å². The average molecular weight is 399 g/mol. The highest BCUT2D eigenvalue weighted by Gasteiger charge is 2.67. The molecule has 2 rings (SSSR count). The van der Waals surface area contributed by atoms with Crippen LogP contribution in [-0.4, -0.2) is 36.7 Å². The van der Waals surface area contributed by atoms with Crippen LogP contribution in [-0.2, 0) is 14.8 Å². The number of alkyl halides is 4. The van der Waals surface area contributed by atoms with Crippen LogP contribution in [0.5, 0.6) is 0 Å². The molecule has 0 bridgehead atoms. The summed E-state index contributed by atoms with van der Waals surface area (Å²) in [4.78, 5) is 25.3. The molecule has 1 saturated heterocycles. The molecule has 1 aliphatic rings. The van der Waals surface area contributed by atoms with Crippen molar-refractivity contribution in [2.45, 2.75) is 23.0 Å². The summed E-state index contributed by atoms with van der Waals surface area (Å²) >= 11 is -0.678. The lowest BCUT2D eigenvalue weighted by Gasteiger charge is -2.17. The molecular weight excluding hydrogens is 390 g/mol. The Balaban J connectivity index is 2.16. The van der Waals surface area contributed by atoms with Crippen molar-refractivity contribution in [2.24, 2.45) is 4.99 Å². The van der Waals surface area contributed by atoms with E-state index in [0.717, 1.165) is 5.56 Å². The summed E-state index contributed by atoms with van der Waals surface area (Å²) in [5.41, 5.74) is 0.752. The van der Waals surface area contributed by atoms with E-state index >= 15 is 0 Å². The quantitative estimate of drug-likeness (QED) is 0.739. The number of hydrogen-bond acceptors (Lipinski definition) is 5. The largest absolute Gasteiger partial charge is 0.442 e. The molecule has 1 atom stereocenters. The SMILES string of the molecule is Cc1ccc(S(=O)(=O)NC(=O)N=C2NC(=O)C(F)(C(F)(F)F)S2)cc1. The van der Waals surface area contributed by atoms with Gasteiger partial charge in [0.15, 0.2) is 5.17 Å². The van der Waals surface area contributed by atoms with Crippen LogP contribution in [0, 0.1) is 6.92 Å². The van der Waals surface area contributed by atoms with E-state index in [-0.39, 0.29) is 4.90 Å². The van der Waals surface area contributed by atoms with Gasteiger partial charge in [0.25, 0.3) is 15.9 Å². The van der Waals surface area contributed by atoms with Crippen LogP contribution in [0.3, 0.4) is 0 Å². The molecule has 25 heavy (non-hydrogen) atoms. The van der Waals surface area contributed by atoms with Gasteiger partial charge in [0.05, 0.1) is 4.90 Å². The number of nitrogens with one attached hydrogen (secondary N) is 2. The minimum absolute atomic E-state index is 0.287. The number of halogens is 4. The van der Waals surface area contributed by atoms with E-state index in [9.17, 15) is 35.6 Å². The van der Waals surface area contributed by atoms with Gasteiger partial charge in [0.1, 0.15) is 0 Å². The summed E-state index contributed by atoms with van der Waals surface area (Å²) in [6, 6.07) is 3.72. The molecule has 2 N–H and O–H groups in total. The third-order valence-electron chi connectivity index (χ3n) is 2.87. The number of carbonyl (C=O) groups excluding carboxylic acids is 2. The molecule has 0 saturated carbocycles. The number of amides is 3. The third-order valence-corrected chi connectivity index (χ3v) is 5.29. The molecular formula is C12H9F4N3O4S2. The number of aryl methyl sites for hydroxylation is 1. The Morgan fingerprint density at radius 3 is 2.32 bits per heavy atom. The summed E-state index contributed by atoms with van der Waals surface area (Å²) in [5.74, 6) is -2.06. The van der Waals surface area contributed by atoms with Crippen molar-refractivity contribution < 1.29 is 35.6 Å². The van der Waals surface area contributed by atoms with Gasteiger partial charge in [-0.1, -0.05) is 17.7 Å². The van der Waals surface area contributed by atoms with Crippen LogP contribution >= 0.6 is 11.8 Å². The zero-order valence-electron chi connectivity index (χ0n) is 12.2. The normalized spacial score (nSPS) is 22.8. The van der Waals surface area contributed by atoms with Gasteiger partial charge in [-0.3, -0.25) is 4.79 Å². The van der Waals surface area contributed by atoms with Crippen LogP contribution in [0.25, 0.3) is 0 Å². The molecule has 1 aliphatic heterocycles. The fraction of sp³-hybridized carbons (Fsp3) is 0.250. The molecule has 0 aliphatic carbocycles. The highest BCUT2D eigenvalue weighted by Crippen LogP contribution is 2.46. The number of urea groups is 1. The molecule has 0 spiro atoms. The van der Waals surface area contributed by atoms with Crippen molar-refractivity contribution in [1.29, 1.82) is 0 Å². The second kappa shape index (κ2) is 6.29. The van der Waals surface area contributed by atoms with Gasteiger partial charge in [-0.2, -0.15) is 18.2 Å². The van der Waals surface area contributed by atoms with Crippen molar-refractivity contribution in [1.82, 2.24) is 10.0 Å². The minimum Gasteiger partial charge on any atom is -0.301 e. The van der Waals surface area contributed by atoms with Gasteiger partial charge >= 0.3 is 17.2 Å². The second-order valence-corrected chi connectivity index (χ2v) is 7.63. The Labute approximate surface area is 142 Å². The van der Waals surface area contributed by atoms with Crippen LogP contribution in [0.2, 0.25) is 0 Å². The van der Waals surface area contributed by atoms with Crippen molar-refractivity contribution in [3.63, 3.8) is 0 Å². The Bertz CT molecular complexity index is 852. The molecule has 3 amide bonds. The maximum atomic E-state index is 13.6. The predicted octanol–water partition coefficient (Wildman–Crippen LogP) is 1.84. The van der Waals surface area contributed by atoms with Gasteiger partial charge in [0, 0.05) is 0 Å². The Kier molecular flexibility index (Phi) is 4.83. The van der Waals surface area contributed by atoms with Gasteiger partial charge in [-0.25, -0.2) is 22.3 Å². The van der Waals surface area contributed by atoms with E-state index in [2.05, 4.69) is 4.99 Å². The number of thioether (sulfide) groups is 1. The molecule has 1 fully saturated rings. The summed E-state index contributed by atoms with van der Waals surface area (Å²) in [7, 11) is -4.33. The summed E-state index contributed by atoms with van der Waals surface area (Å²) in [6.07, 6.45) is -5.54. The first-order valence-corrected chi connectivity index (χ1v) is 8.63. The first-order chi connectivity index (χ1) is 11.3. The van der Waals surface area contributed by atoms with Crippen LogP contribution in [0.1, 0.15) is 5.56 Å². The first kappa shape index (κ1) is 19.2. The van der Waals surface area contributed by atoms with E-state index in [4.69, 9.17) is 0 Å². The Hall–Kier alpha value is -2.15. The first-order valence-electron chi connectivity index (χ1n) is 6.33. The molecule has 1 aromatic rings. The molecule has 1 aromatic carbocycles. The van der Waals surface area contributed by atoms with Crippen molar-refractivity contribution >= 4 is 38.9 Å². The predicted molar refractivity (Wildman–Crippen MR) is 80.0 cm³/mol. The second-order valence-electron chi connectivity index (χ2n) is 4.79. The number of aliphatic imine (C=N–C) groups is 1. The number of nitrogens with zero attached hydrogens (tertiary/aromatic N) is 1. The summed E-state index contributed by atoms with van der Waals surface area (Å²) in [6.45, 7) is 1.70.